The Morgan fingerprint density at radius 1 is 1.25 bits per heavy atom. The van der Waals surface area contributed by atoms with Crippen LogP contribution < -0.4 is 4.74 Å². The first-order valence-corrected chi connectivity index (χ1v) is 6.01. The number of nitro groups is 1. The molecule has 0 N–H and O–H groups in total. The van der Waals surface area contributed by atoms with Crippen LogP contribution in [0.4, 0.5) is 5.69 Å². The van der Waals surface area contributed by atoms with Crippen LogP contribution in [0.2, 0.25) is 5.02 Å². The van der Waals surface area contributed by atoms with E-state index in [1.54, 1.807) is 25.1 Å². The molecule has 0 heterocycles. The third kappa shape index (κ3) is 2.87. The van der Waals surface area contributed by atoms with E-state index in [1.165, 1.54) is 18.2 Å². The summed E-state index contributed by atoms with van der Waals surface area (Å²) < 4.78 is 5.56. The number of halogens is 1. The van der Waals surface area contributed by atoms with E-state index in [2.05, 4.69) is 6.07 Å². The molecule has 2 rings (SSSR count). The van der Waals surface area contributed by atoms with E-state index in [0.29, 0.717) is 17.1 Å². The van der Waals surface area contributed by atoms with Crippen LogP contribution in [0.15, 0.2) is 36.4 Å². The zero-order valence-electron chi connectivity index (χ0n) is 10.5. The summed E-state index contributed by atoms with van der Waals surface area (Å²) in [4.78, 5) is 10.1. The van der Waals surface area contributed by atoms with Crippen LogP contribution in [0.5, 0.6) is 11.5 Å². The maximum absolute atomic E-state index is 10.7. The van der Waals surface area contributed by atoms with Gasteiger partial charge in [-0.25, -0.2) is 0 Å². The molecule has 6 heteroatoms. The van der Waals surface area contributed by atoms with Crippen LogP contribution in [0, 0.1) is 28.4 Å². The molecule has 0 bridgehead atoms. The molecule has 0 aliphatic rings. The highest BCUT2D eigenvalue weighted by Gasteiger charge is 2.13. The fourth-order valence-electron chi connectivity index (χ4n) is 1.66. The number of nitrogens with zero attached hydrogens (tertiary/aromatic N) is 2. The number of hydrogen-bond acceptors (Lipinski definition) is 4. The van der Waals surface area contributed by atoms with Crippen molar-refractivity contribution in [1.29, 1.82) is 5.26 Å². The maximum atomic E-state index is 10.7. The van der Waals surface area contributed by atoms with E-state index in [0.717, 1.165) is 5.56 Å². The summed E-state index contributed by atoms with van der Waals surface area (Å²) in [5.41, 5.74) is 1.19. The smallest absolute Gasteiger partial charge is 0.288 e. The predicted molar refractivity (Wildman–Crippen MR) is 74.1 cm³/mol. The highest BCUT2D eigenvalue weighted by molar-refractivity contribution is 6.32. The Kier molecular flexibility index (Phi) is 3.87. The van der Waals surface area contributed by atoms with Gasteiger partial charge in [0.1, 0.15) is 16.5 Å². The minimum Gasteiger partial charge on any atom is -0.457 e. The number of ether oxygens (including phenoxy) is 1. The largest absolute Gasteiger partial charge is 0.457 e. The molecule has 100 valence electrons. The fraction of sp³-hybridized carbons (Fsp3) is 0.0714. The fourth-order valence-corrected chi connectivity index (χ4v) is 1.90. The van der Waals surface area contributed by atoms with Gasteiger partial charge in [-0.15, -0.1) is 0 Å². The van der Waals surface area contributed by atoms with Crippen LogP contribution in [-0.4, -0.2) is 4.92 Å². The molecule has 0 fully saturated rings. The van der Waals surface area contributed by atoms with Crippen molar-refractivity contribution in [2.24, 2.45) is 0 Å². The minimum absolute atomic E-state index is 0.0119. The van der Waals surface area contributed by atoms with Crippen molar-refractivity contribution in [3.8, 4) is 17.6 Å². The second-order valence-corrected chi connectivity index (χ2v) is 4.47. The lowest BCUT2D eigenvalue weighted by molar-refractivity contribution is -0.384. The molecule has 0 aromatic heterocycles. The Morgan fingerprint density at radius 3 is 2.45 bits per heavy atom. The molecule has 0 aliphatic carbocycles. The molecule has 2 aromatic carbocycles. The molecule has 20 heavy (non-hydrogen) atoms. The van der Waals surface area contributed by atoms with E-state index >= 15 is 0 Å². The van der Waals surface area contributed by atoms with Crippen molar-refractivity contribution in [3.05, 3.63) is 62.7 Å². The van der Waals surface area contributed by atoms with Crippen molar-refractivity contribution in [3.63, 3.8) is 0 Å². The summed E-state index contributed by atoms with van der Waals surface area (Å²) >= 11 is 5.80. The standard InChI is InChI=1S/C14H9ClN2O3/c1-9-6-11(3-2-10(9)8-16)20-12-4-5-14(17(18)19)13(15)7-12/h2-7H,1H3. The summed E-state index contributed by atoms with van der Waals surface area (Å²) in [5, 5.41) is 19.5. The number of nitriles is 1. The average Bonchev–Trinajstić information content (AvgIpc) is 2.38. The van der Waals surface area contributed by atoms with Gasteiger partial charge in [0.05, 0.1) is 16.6 Å². The summed E-state index contributed by atoms with van der Waals surface area (Å²) in [6.07, 6.45) is 0. The van der Waals surface area contributed by atoms with E-state index in [1.807, 2.05) is 0 Å². The molecule has 0 atom stereocenters. The minimum atomic E-state index is -0.558. The van der Waals surface area contributed by atoms with E-state index in [-0.39, 0.29) is 10.7 Å². The third-order valence-corrected chi connectivity index (χ3v) is 2.97. The molecule has 0 saturated carbocycles. The van der Waals surface area contributed by atoms with Gasteiger partial charge in [0.15, 0.2) is 0 Å². The number of hydrogen-bond donors (Lipinski definition) is 0. The molecular weight excluding hydrogens is 280 g/mol. The van der Waals surface area contributed by atoms with Crippen molar-refractivity contribution in [1.82, 2.24) is 0 Å². The second-order valence-electron chi connectivity index (χ2n) is 4.06. The third-order valence-electron chi connectivity index (χ3n) is 2.67. The average molecular weight is 289 g/mol. The molecule has 0 spiro atoms. The molecule has 0 saturated heterocycles. The maximum Gasteiger partial charge on any atom is 0.288 e. The molecule has 2 aromatic rings. The first-order chi connectivity index (χ1) is 9.51. The van der Waals surface area contributed by atoms with Gasteiger partial charge in [-0.2, -0.15) is 5.26 Å². The topological polar surface area (TPSA) is 76.2 Å². The van der Waals surface area contributed by atoms with Gasteiger partial charge in [0, 0.05) is 12.1 Å². The van der Waals surface area contributed by atoms with E-state index in [9.17, 15) is 10.1 Å². The monoisotopic (exact) mass is 288 g/mol. The van der Waals surface area contributed by atoms with Gasteiger partial charge in [0.25, 0.3) is 5.69 Å². The molecule has 5 nitrogen and oxygen atoms in total. The summed E-state index contributed by atoms with van der Waals surface area (Å²) in [6, 6.07) is 11.2. The lowest BCUT2D eigenvalue weighted by atomic mass is 10.1. The van der Waals surface area contributed by atoms with Gasteiger partial charge in [-0.3, -0.25) is 10.1 Å². The highest BCUT2D eigenvalue weighted by Crippen LogP contribution is 2.31. The van der Waals surface area contributed by atoms with Gasteiger partial charge in [0.2, 0.25) is 0 Å². The Morgan fingerprint density at radius 2 is 1.90 bits per heavy atom. The number of nitro benzene ring substituents is 1. The summed E-state index contributed by atoms with van der Waals surface area (Å²) in [6.45, 7) is 1.80. The quantitative estimate of drug-likeness (QED) is 0.626. The lowest BCUT2D eigenvalue weighted by Gasteiger charge is -2.07. The first-order valence-electron chi connectivity index (χ1n) is 5.64. The number of rotatable bonds is 3. The molecule has 0 radical (unpaired) electrons. The lowest BCUT2D eigenvalue weighted by Crippen LogP contribution is -1.91. The summed E-state index contributed by atoms with van der Waals surface area (Å²) in [5.74, 6) is 0.927. The molecule has 0 aliphatic heterocycles. The van der Waals surface area contributed by atoms with Crippen molar-refractivity contribution in [2.75, 3.05) is 0 Å². The van der Waals surface area contributed by atoms with Crippen LogP contribution >= 0.6 is 11.6 Å². The molecule has 0 unspecified atom stereocenters. The summed E-state index contributed by atoms with van der Waals surface area (Å²) in [7, 11) is 0. The van der Waals surface area contributed by atoms with Gasteiger partial charge < -0.3 is 4.74 Å². The van der Waals surface area contributed by atoms with Crippen LogP contribution in [-0.2, 0) is 0 Å². The van der Waals surface area contributed by atoms with Gasteiger partial charge in [-0.1, -0.05) is 11.6 Å². The normalized spacial score (nSPS) is 9.85. The Balaban J connectivity index is 2.27. The highest BCUT2D eigenvalue weighted by atomic mass is 35.5. The van der Waals surface area contributed by atoms with E-state index in [4.69, 9.17) is 21.6 Å². The zero-order chi connectivity index (χ0) is 14.7. The van der Waals surface area contributed by atoms with Crippen molar-refractivity contribution >= 4 is 17.3 Å². The number of benzene rings is 2. The van der Waals surface area contributed by atoms with Crippen LogP contribution in [0.25, 0.3) is 0 Å². The Labute approximate surface area is 120 Å². The SMILES string of the molecule is Cc1cc(Oc2ccc([N+](=O)[O-])c(Cl)c2)ccc1C#N. The van der Waals surface area contributed by atoms with Crippen molar-refractivity contribution < 1.29 is 9.66 Å². The van der Waals surface area contributed by atoms with Crippen LogP contribution in [0.1, 0.15) is 11.1 Å². The van der Waals surface area contributed by atoms with Crippen molar-refractivity contribution in [2.45, 2.75) is 6.92 Å². The molecule has 0 amide bonds. The first kappa shape index (κ1) is 13.8. The number of aryl methyl sites for hydroxylation is 1. The zero-order valence-corrected chi connectivity index (χ0v) is 11.2. The predicted octanol–water partition coefficient (Wildman–Crippen LogP) is 4.22. The van der Waals surface area contributed by atoms with E-state index < -0.39 is 4.92 Å². The van der Waals surface area contributed by atoms with Crippen LogP contribution in [0.3, 0.4) is 0 Å². The second kappa shape index (κ2) is 5.59. The Hall–Kier alpha value is -2.58. The Bertz CT molecular complexity index is 723. The molecular formula is C14H9ClN2O3. The van der Waals surface area contributed by atoms with Gasteiger partial charge in [-0.05, 0) is 36.8 Å². The van der Waals surface area contributed by atoms with Gasteiger partial charge >= 0.3 is 0 Å².